The number of carbonyl (C=O) groups is 2. The predicted molar refractivity (Wildman–Crippen MR) is 106 cm³/mol. The minimum absolute atomic E-state index is 0.00133. The van der Waals surface area contributed by atoms with Gasteiger partial charge in [0, 0.05) is 31.1 Å². The van der Waals surface area contributed by atoms with Gasteiger partial charge in [0.15, 0.2) is 0 Å². The van der Waals surface area contributed by atoms with Gasteiger partial charge in [-0.3, -0.25) is 9.59 Å². The SMILES string of the molecule is CCC(=O)N(Cc1ccc(Cl)cc1)C(C(=O)NCCCO)c1ccccc1. The van der Waals surface area contributed by atoms with Gasteiger partial charge in [0.2, 0.25) is 11.8 Å². The third-order valence-corrected chi connectivity index (χ3v) is 4.45. The van der Waals surface area contributed by atoms with Crippen molar-refractivity contribution in [2.75, 3.05) is 13.2 Å². The van der Waals surface area contributed by atoms with E-state index in [1.807, 2.05) is 42.5 Å². The van der Waals surface area contributed by atoms with Crippen LogP contribution in [0.15, 0.2) is 54.6 Å². The molecule has 0 aromatic heterocycles. The van der Waals surface area contributed by atoms with E-state index in [9.17, 15) is 9.59 Å². The highest BCUT2D eigenvalue weighted by Gasteiger charge is 2.30. The Bertz CT molecular complexity index is 735. The fourth-order valence-corrected chi connectivity index (χ4v) is 2.93. The van der Waals surface area contributed by atoms with Crippen molar-refractivity contribution in [2.45, 2.75) is 32.4 Å². The first-order valence-corrected chi connectivity index (χ1v) is 9.42. The minimum atomic E-state index is -0.743. The average molecular weight is 389 g/mol. The number of aliphatic hydroxyl groups is 1. The molecular formula is C21H25ClN2O3. The molecule has 0 saturated heterocycles. The molecule has 2 aromatic rings. The third-order valence-electron chi connectivity index (χ3n) is 4.20. The molecule has 0 fully saturated rings. The second-order valence-electron chi connectivity index (χ2n) is 6.18. The molecule has 6 heteroatoms. The van der Waals surface area contributed by atoms with Crippen LogP contribution in [0.4, 0.5) is 0 Å². The van der Waals surface area contributed by atoms with E-state index < -0.39 is 6.04 Å². The van der Waals surface area contributed by atoms with Crippen LogP contribution < -0.4 is 5.32 Å². The molecule has 0 aliphatic heterocycles. The van der Waals surface area contributed by atoms with Gasteiger partial charge in [-0.05, 0) is 29.7 Å². The molecule has 0 aliphatic carbocycles. The molecule has 0 heterocycles. The van der Waals surface area contributed by atoms with Gasteiger partial charge in [0.05, 0.1) is 0 Å². The van der Waals surface area contributed by atoms with Crippen molar-refractivity contribution in [3.05, 3.63) is 70.7 Å². The molecule has 5 nitrogen and oxygen atoms in total. The van der Waals surface area contributed by atoms with Gasteiger partial charge in [-0.1, -0.05) is 61.0 Å². The summed E-state index contributed by atoms with van der Waals surface area (Å²) in [7, 11) is 0. The number of hydrogen-bond acceptors (Lipinski definition) is 3. The Morgan fingerprint density at radius 1 is 1.11 bits per heavy atom. The molecule has 2 rings (SSSR count). The molecule has 2 aromatic carbocycles. The molecule has 0 saturated carbocycles. The predicted octanol–water partition coefficient (Wildman–Crippen LogP) is 3.32. The Morgan fingerprint density at radius 3 is 2.37 bits per heavy atom. The van der Waals surface area contributed by atoms with E-state index in [4.69, 9.17) is 16.7 Å². The zero-order valence-corrected chi connectivity index (χ0v) is 16.2. The molecular weight excluding hydrogens is 364 g/mol. The van der Waals surface area contributed by atoms with Crippen molar-refractivity contribution >= 4 is 23.4 Å². The van der Waals surface area contributed by atoms with Gasteiger partial charge in [0.1, 0.15) is 6.04 Å². The van der Waals surface area contributed by atoms with Crippen LogP contribution in [-0.2, 0) is 16.1 Å². The molecule has 144 valence electrons. The van der Waals surface area contributed by atoms with Gasteiger partial charge in [-0.25, -0.2) is 0 Å². The first-order valence-electron chi connectivity index (χ1n) is 9.04. The summed E-state index contributed by atoms with van der Waals surface area (Å²) in [4.78, 5) is 27.2. The maximum Gasteiger partial charge on any atom is 0.247 e. The van der Waals surface area contributed by atoms with E-state index >= 15 is 0 Å². The third kappa shape index (κ3) is 6.08. The van der Waals surface area contributed by atoms with Crippen LogP contribution in [0, 0.1) is 0 Å². The highest BCUT2D eigenvalue weighted by Crippen LogP contribution is 2.25. The average Bonchev–Trinajstić information content (AvgIpc) is 2.69. The van der Waals surface area contributed by atoms with Crippen LogP contribution in [0.25, 0.3) is 0 Å². The summed E-state index contributed by atoms with van der Waals surface area (Å²) in [5.74, 6) is -0.374. The molecule has 2 amide bonds. The van der Waals surface area contributed by atoms with Crippen molar-refractivity contribution in [1.29, 1.82) is 0 Å². The van der Waals surface area contributed by atoms with Gasteiger partial charge < -0.3 is 15.3 Å². The first-order chi connectivity index (χ1) is 13.1. The number of amides is 2. The first kappa shape index (κ1) is 20.9. The van der Waals surface area contributed by atoms with Gasteiger partial charge in [0.25, 0.3) is 0 Å². The van der Waals surface area contributed by atoms with E-state index in [1.165, 1.54) is 0 Å². The Hall–Kier alpha value is -2.37. The minimum Gasteiger partial charge on any atom is -0.396 e. The topological polar surface area (TPSA) is 69.6 Å². The Kier molecular flexibility index (Phi) is 8.30. The van der Waals surface area contributed by atoms with Crippen molar-refractivity contribution in [2.24, 2.45) is 0 Å². The van der Waals surface area contributed by atoms with Crippen molar-refractivity contribution < 1.29 is 14.7 Å². The lowest BCUT2D eigenvalue weighted by atomic mass is 10.0. The highest BCUT2D eigenvalue weighted by molar-refractivity contribution is 6.30. The molecule has 0 bridgehead atoms. The van der Waals surface area contributed by atoms with Crippen molar-refractivity contribution in [1.82, 2.24) is 10.2 Å². The van der Waals surface area contributed by atoms with Crippen LogP contribution >= 0.6 is 11.6 Å². The van der Waals surface area contributed by atoms with E-state index in [2.05, 4.69) is 5.32 Å². The number of rotatable bonds is 9. The normalized spacial score (nSPS) is 11.7. The summed E-state index contributed by atoms with van der Waals surface area (Å²) >= 11 is 5.95. The number of aliphatic hydroxyl groups excluding tert-OH is 1. The Labute approximate surface area is 165 Å². The van der Waals surface area contributed by atoms with Crippen molar-refractivity contribution in [3.8, 4) is 0 Å². The second kappa shape index (κ2) is 10.7. The summed E-state index contributed by atoms with van der Waals surface area (Å²) in [6.07, 6.45) is 0.757. The lowest BCUT2D eigenvalue weighted by molar-refractivity contribution is -0.141. The number of carbonyl (C=O) groups excluding carboxylic acids is 2. The van der Waals surface area contributed by atoms with Crippen LogP contribution in [-0.4, -0.2) is 35.0 Å². The molecule has 0 aliphatic rings. The van der Waals surface area contributed by atoms with Crippen LogP contribution in [0.1, 0.15) is 36.9 Å². The van der Waals surface area contributed by atoms with Crippen molar-refractivity contribution in [3.63, 3.8) is 0 Å². The quantitative estimate of drug-likeness (QED) is 0.647. The van der Waals surface area contributed by atoms with E-state index in [0.717, 1.165) is 11.1 Å². The molecule has 27 heavy (non-hydrogen) atoms. The monoisotopic (exact) mass is 388 g/mol. The highest BCUT2D eigenvalue weighted by atomic mass is 35.5. The summed E-state index contributed by atoms with van der Waals surface area (Å²) in [5.41, 5.74) is 1.64. The molecule has 1 unspecified atom stereocenters. The number of nitrogens with zero attached hydrogens (tertiary/aromatic N) is 1. The smallest absolute Gasteiger partial charge is 0.247 e. The molecule has 0 spiro atoms. The van der Waals surface area contributed by atoms with Gasteiger partial charge >= 0.3 is 0 Å². The number of nitrogens with one attached hydrogen (secondary N) is 1. The van der Waals surface area contributed by atoms with Gasteiger partial charge in [-0.15, -0.1) is 0 Å². The Morgan fingerprint density at radius 2 is 1.78 bits per heavy atom. The van der Waals surface area contributed by atoms with Gasteiger partial charge in [-0.2, -0.15) is 0 Å². The lowest BCUT2D eigenvalue weighted by Crippen LogP contribution is -2.43. The second-order valence-corrected chi connectivity index (χ2v) is 6.62. The zero-order chi connectivity index (χ0) is 19.6. The number of hydrogen-bond donors (Lipinski definition) is 2. The summed E-state index contributed by atoms with van der Waals surface area (Å²) < 4.78 is 0. The summed E-state index contributed by atoms with van der Waals surface area (Å²) in [6, 6.07) is 15.7. The van der Waals surface area contributed by atoms with Crippen LogP contribution in [0.2, 0.25) is 5.02 Å². The molecule has 1 atom stereocenters. The maximum absolute atomic E-state index is 12.9. The fourth-order valence-electron chi connectivity index (χ4n) is 2.81. The largest absolute Gasteiger partial charge is 0.396 e. The standard InChI is InChI=1S/C21H25ClN2O3/c1-2-19(26)24(15-16-9-11-18(22)12-10-16)20(17-7-4-3-5-8-17)21(27)23-13-6-14-25/h3-5,7-12,20,25H,2,6,13-15H2,1H3,(H,23,27). The lowest BCUT2D eigenvalue weighted by Gasteiger charge is -2.31. The van der Waals surface area contributed by atoms with E-state index in [-0.39, 0.29) is 18.4 Å². The Balaban J connectivity index is 2.35. The maximum atomic E-state index is 12.9. The van der Waals surface area contributed by atoms with E-state index in [1.54, 1.807) is 24.0 Å². The molecule has 2 N–H and O–H groups in total. The zero-order valence-electron chi connectivity index (χ0n) is 15.4. The number of halogens is 1. The summed E-state index contributed by atoms with van der Waals surface area (Å²) in [6.45, 7) is 2.44. The van der Waals surface area contributed by atoms with E-state index in [0.29, 0.717) is 31.0 Å². The van der Waals surface area contributed by atoms with Crippen LogP contribution in [0.3, 0.4) is 0 Å². The molecule has 0 radical (unpaired) electrons. The fraction of sp³-hybridized carbons (Fsp3) is 0.333. The van der Waals surface area contributed by atoms with Crippen LogP contribution in [0.5, 0.6) is 0 Å². The number of benzene rings is 2. The summed E-state index contributed by atoms with van der Waals surface area (Å²) in [5, 5.41) is 12.4.